The van der Waals surface area contributed by atoms with Crippen LogP contribution in [0.2, 0.25) is 0 Å². The third-order valence-electron chi connectivity index (χ3n) is 3.48. The third kappa shape index (κ3) is 4.73. The zero-order valence-corrected chi connectivity index (χ0v) is 12.7. The monoisotopic (exact) mass is 339 g/mol. The zero-order chi connectivity index (χ0) is 17.6. The van der Waals surface area contributed by atoms with Gasteiger partial charge in [0.25, 0.3) is 5.91 Å². The average Bonchev–Trinajstić information content (AvgIpc) is 3.06. The molecule has 0 spiro atoms. The van der Waals surface area contributed by atoms with Gasteiger partial charge >= 0.3 is 6.18 Å². The van der Waals surface area contributed by atoms with Crippen molar-refractivity contribution in [2.45, 2.75) is 25.1 Å². The van der Waals surface area contributed by atoms with Crippen molar-refractivity contribution in [3.05, 3.63) is 41.6 Å². The van der Waals surface area contributed by atoms with E-state index < -0.39 is 17.6 Å². The van der Waals surface area contributed by atoms with E-state index in [1.54, 1.807) is 6.07 Å². The highest BCUT2D eigenvalue weighted by Gasteiger charge is 2.33. The quantitative estimate of drug-likeness (QED) is 0.639. The van der Waals surface area contributed by atoms with Gasteiger partial charge in [-0.25, -0.2) is 0 Å². The molecule has 1 aromatic rings. The van der Waals surface area contributed by atoms with Gasteiger partial charge in [0.05, 0.1) is 17.4 Å². The molecule has 1 amide bonds. The highest BCUT2D eigenvalue weighted by atomic mass is 19.4. The Morgan fingerprint density at radius 2 is 2.17 bits per heavy atom. The van der Waals surface area contributed by atoms with E-state index in [4.69, 9.17) is 10.00 Å². The van der Waals surface area contributed by atoms with Gasteiger partial charge in [-0.3, -0.25) is 4.79 Å². The number of halogens is 3. The molecule has 1 atom stereocenters. The fourth-order valence-electron chi connectivity index (χ4n) is 2.26. The first-order valence-electron chi connectivity index (χ1n) is 7.34. The van der Waals surface area contributed by atoms with Gasteiger partial charge in [0.15, 0.2) is 0 Å². The summed E-state index contributed by atoms with van der Waals surface area (Å²) in [7, 11) is 0. The van der Waals surface area contributed by atoms with Crippen molar-refractivity contribution in [2.75, 3.05) is 18.5 Å². The molecule has 0 bridgehead atoms. The number of carbonyl (C=O) groups is 1. The predicted octanol–water partition coefficient (Wildman–Crippen LogP) is 2.82. The van der Waals surface area contributed by atoms with E-state index in [-0.39, 0.29) is 23.9 Å². The second-order valence-electron chi connectivity index (χ2n) is 5.20. The summed E-state index contributed by atoms with van der Waals surface area (Å²) < 4.78 is 44.0. The minimum absolute atomic E-state index is 0.0900. The number of ether oxygens (including phenoxy) is 1. The largest absolute Gasteiger partial charge is 0.418 e. The zero-order valence-electron chi connectivity index (χ0n) is 12.7. The van der Waals surface area contributed by atoms with Gasteiger partial charge in [0.2, 0.25) is 0 Å². The topological polar surface area (TPSA) is 74.2 Å². The average molecular weight is 339 g/mol. The summed E-state index contributed by atoms with van der Waals surface area (Å²) in [5.74, 6) is -0.662. The maximum Gasteiger partial charge on any atom is 0.418 e. The molecular weight excluding hydrogens is 323 g/mol. The number of carbonyl (C=O) groups excluding carboxylic acids is 1. The molecule has 1 aromatic carbocycles. The smallest absolute Gasteiger partial charge is 0.376 e. The van der Waals surface area contributed by atoms with Crippen LogP contribution in [0.1, 0.15) is 18.4 Å². The number of para-hydroxylation sites is 1. The van der Waals surface area contributed by atoms with Crippen LogP contribution in [0.3, 0.4) is 0 Å². The van der Waals surface area contributed by atoms with Crippen LogP contribution in [0, 0.1) is 11.3 Å². The van der Waals surface area contributed by atoms with Gasteiger partial charge in [-0.1, -0.05) is 12.1 Å². The molecule has 0 aromatic heterocycles. The van der Waals surface area contributed by atoms with Gasteiger partial charge in [-0.15, -0.1) is 0 Å². The molecule has 128 valence electrons. The Morgan fingerprint density at radius 3 is 2.79 bits per heavy atom. The van der Waals surface area contributed by atoms with E-state index in [2.05, 4.69) is 10.6 Å². The number of nitrogens with zero attached hydrogens (tertiary/aromatic N) is 1. The van der Waals surface area contributed by atoms with Crippen molar-refractivity contribution in [2.24, 2.45) is 0 Å². The van der Waals surface area contributed by atoms with Crippen molar-refractivity contribution in [1.82, 2.24) is 5.32 Å². The van der Waals surface area contributed by atoms with Crippen LogP contribution in [0.25, 0.3) is 0 Å². The molecule has 8 heteroatoms. The Kier molecular flexibility index (Phi) is 5.82. The van der Waals surface area contributed by atoms with Crippen LogP contribution in [0.4, 0.5) is 18.9 Å². The van der Waals surface area contributed by atoms with E-state index in [1.165, 1.54) is 18.2 Å². The third-order valence-corrected chi connectivity index (χ3v) is 3.48. The summed E-state index contributed by atoms with van der Waals surface area (Å²) in [6.45, 7) is 0.897. The lowest BCUT2D eigenvalue weighted by atomic mass is 10.1. The molecule has 2 N–H and O–H groups in total. The number of nitriles is 1. The molecule has 1 heterocycles. The van der Waals surface area contributed by atoms with Crippen molar-refractivity contribution < 1.29 is 22.7 Å². The van der Waals surface area contributed by atoms with Gasteiger partial charge in [0.1, 0.15) is 11.6 Å². The van der Waals surface area contributed by atoms with Gasteiger partial charge in [0, 0.05) is 19.4 Å². The lowest BCUT2D eigenvalue weighted by Crippen LogP contribution is -2.32. The van der Waals surface area contributed by atoms with Crippen LogP contribution in [-0.4, -0.2) is 25.2 Å². The Labute approximate surface area is 137 Å². The van der Waals surface area contributed by atoms with Crippen LogP contribution in [0.15, 0.2) is 36.0 Å². The number of rotatable bonds is 5. The Bertz CT molecular complexity index is 659. The Morgan fingerprint density at radius 1 is 1.42 bits per heavy atom. The summed E-state index contributed by atoms with van der Waals surface area (Å²) in [5, 5.41) is 13.9. The number of benzene rings is 1. The number of nitrogens with one attached hydrogen (secondary N) is 2. The lowest BCUT2D eigenvalue weighted by Gasteiger charge is -2.13. The molecule has 1 unspecified atom stereocenters. The molecule has 0 aliphatic carbocycles. The molecule has 1 aliphatic rings. The summed E-state index contributed by atoms with van der Waals surface area (Å²) in [6, 6.07) is 6.49. The summed E-state index contributed by atoms with van der Waals surface area (Å²) in [4.78, 5) is 11.9. The van der Waals surface area contributed by atoms with Crippen molar-refractivity contribution in [1.29, 1.82) is 5.26 Å². The van der Waals surface area contributed by atoms with E-state index >= 15 is 0 Å². The minimum Gasteiger partial charge on any atom is -0.376 e. The normalized spacial score (nSPS) is 18.1. The number of hydrogen-bond acceptors (Lipinski definition) is 4. The molecule has 0 saturated carbocycles. The van der Waals surface area contributed by atoms with Gasteiger partial charge < -0.3 is 15.4 Å². The van der Waals surface area contributed by atoms with Crippen molar-refractivity contribution in [3.63, 3.8) is 0 Å². The van der Waals surface area contributed by atoms with E-state index in [0.29, 0.717) is 6.61 Å². The van der Waals surface area contributed by atoms with Crippen LogP contribution in [-0.2, 0) is 15.7 Å². The molecule has 0 radical (unpaired) electrons. The fourth-order valence-corrected chi connectivity index (χ4v) is 2.26. The maximum atomic E-state index is 12.9. The van der Waals surface area contributed by atoms with Crippen LogP contribution in [0.5, 0.6) is 0 Å². The highest BCUT2D eigenvalue weighted by molar-refractivity contribution is 5.97. The Balaban J connectivity index is 2.03. The highest BCUT2D eigenvalue weighted by Crippen LogP contribution is 2.34. The molecule has 2 rings (SSSR count). The molecule has 1 aliphatic heterocycles. The summed E-state index contributed by atoms with van der Waals surface area (Å²) >= 11 is 0. The first-order valence-corrected chi connectivity index (χ1v) is 7.34. The first-order chi connectivity index (χ1) is 11.4. The first kappa shape index (κ1) is 17.8. The second kappa shape index (κ2) is 7.84. The number of amides is 1. The Hall–Kier alpha value is -2.53. The molecule has 24 heavy (non-hydrogen) atoms. The van der Waals surface area contributed by atoms with Gasteiger partial charge in [-0.2, -0.15) is 18.4 Å². The number of hydrogen-bond donors (Lipinski definition) is 2. The van der Waals surface area contributed by atoms with Gasteiger partial charge in [-0.05, 0) is 25.0 Å². The molecule has 5 nitrogen and oxygen atoms in total. The van der Waals surface area contributed by atoms with Crippen molar-refractivity contribution >= 4 is 11.6 Å². The summed E-state index contributed by atoms with van der Waals surface area (Å²) in [6.07, 6.45) is -1.92. The lowest BCUT2D eigenvalue weighted by molar-refractivity contribution is -0.136. The summed E-state index contributed by atoms with van der Waals surface area (Å²) in [5.41, 5.74) is -1.42. The number of anilines is 1. The van der Waals surface area contributed by atoms with E-state index in [1.807, 2.05) is 0 Å². The standard InChI is InChI=1S/C16H16F3N3O2/c17-16(18,19)13-5-1-2-6-14(13)21-9-11(8-20)15(23)22-10-12-4-3-7-24-12/h1-2,5-6,9,12,21H,3-4,7,10H2,(H,22,23)/b11-9-. The van der Waals surface area contributed by atoms with Crippen molar-refractivity contribution in [3.8, 4) is 6.07 Å². The predicted molar refractivity (Wildman–Crippen MR) is 80.7 cm³/mol. The van der Waals surface area contributed by atoms with E-state index in [9.17, 15) is 18.0 Å². The second-order valence-corrected chi connectivity index (χ2v) is 5.20. The SMILES string of the molecule is N#C/C(=C/Nc1ccccc1C(F)(F)F)C(=O)NCC1CCCO1. The van der Waals surface area contributed by atoms with E-state index in [0.717, 1.165) is 25.1 Å². The maximum absolute atomic E-state index is 12.9. The molecule has 1 saturated heterocycles. The van der Waals surface area contributed by atoms with Crippen LogP contribution < -0.4 is 10.6 Å². The minimum atomic E-state index is -4.54. The molecular formula is C16H16F3N3O2. The fraction of sp³-hybridized carbons (Fsp3) is 0.375. The number of alkyl halides is 3. The molecule has 1 fully saturated rings. The van der Waals surface area contributed by atoms with Crippen LogP contribution >= 0.6 is 0 Å².